The van der Waals surface area contributed by atoms with Gasteiger partial charge in [0.15, 0.2) is 0 Å². The molecule has 1 aromatic carbocycles. The van der Waals surface area contributed by atoms with Crippen LogP contribution in [-0.4, -0.2) is 40.9 Å². The predicted octanol–water partition coefficient (Wildman–Crippen LogP) is 0.661. The minimum absolute atomic E-state index is 0.134. The molecule has 0 saturated carbocycles. The molecule has 102 valence electrons. The Labute approximate surface area is 114 Å². The summed E-state index contributed by atoms with van der Waals surface area (Å²) in [6, 6.07) is 4.73. The van der Waals surface area contributed by atoms with Crippen molar-refractivity contribution in [1.82, 2.24) is 4.90 Å². The molecule has 0 radical (unpaired) electrons. The normalized spacial score (nSPS) is 10.0. The second-order valence-electron chi connectivity index (χ2n) is 4.00. The van der Waals surface area contributed by atoms with Gasteiger partial charge in [-0.15, -0.1) is 0 Å². The van der Waals surface area contributed by atoms with Gasteiger partial charge in [0.25, 0.3) is 5.91 Å². The van der Waals surface area contributed by atoms with Gasteiger partial charge in [-0.1, -0.05) is 17.7 Å². The fourth-order valence-corrected chi connectivity index (χ4v) is 1.83. The average molecular weight is 285 g/mol. The number of primary amides is 1. The lowest BCUT2D eigenvalue weighted by atomic mass is 10.1. The second kappa shape index (κ2) is 6.19. The summed E-state index contributed by atoms with van der Waals surface area (Å²) in [6.45, 7) is 0.708. The number of carbonyl (C=O) groups is 3. The summed E-state index contributed by atoms with van der Waals surface area (Å²) in [5, 5.41) is 8.93. The Kier molecular flexibility index (Phi) is 4.88. The van der Waals surface area contributed by atoms with Crippen LogP contribution in [0.1, 0.15) is 15.9 Å². The second-order valence-corrected chi connectivity index (χ2v) is 4.41. The van der Waals surface area contributed by atoms with Crippen LogP contribution >= 0.6 is 11.6 Å². The third-order valence-corrected chi connectivity index (χ3v) is 2.63. The molecule has 0 saturated heterocycles. The van der Waals surface area contributed by atoms with Crippen molar-refractivity contribution < 1.29 is 19.5 Å². The number of rotatable bonds is 5. The molecule has 19 heavy (non-hydrogen) atoms. The molecule has 0 aliphatic heterocycles. The van der Waals surface area contributed by atoms with Gasteiger partial charge >= 0.3 is 5.97 Å². The van der Waals surface area contributed by atoms with Gasteiger partial charge in [0.1, 0.15) is 13.1 Å². The van der Waals surface area contributed by atoms with E-state index in [1.165, 1.54) is 6.07 Å². The standard InChI is InChI=1S/C12H13ClN2O4/c1-7-2-3-8(9(13)4-7)12(19)15(5-10(14)16)6-11(17)18/h2-4H,5-6H2,1H3,(H2,14,16)(H,17,18). The molecular formula is C12H13ClN2O4. The summed E-state index contributed by atoms with van der Waals surface area (Å²) in [7, 11) is 0. The van der Waals surface area contributed by atoms with Crippen LogP contribution in [0.4, 0.5) is 0 Å². The molecule has 7 heteroatoms. The highest BCUT2D eigenvalue weighted by Gasteiger charge is 2.22. The maximum Gasteiger partial charge on any atom is 0.323 e. The minimum Gasteiger partial charge on any atom is -0.480 e. The SMILES string of the molecule is Cc1ccc(C(=O)N(CC(N)=O)CC(=O)O)c(Cl)c1. The number of hydrogen-bond acceptors (Lipinski definition) is 3. The van der Waals surface area contributed by atoms with E-state index in [4.69, 9.17) is 22.4 Å². The van der Waals surface area contributed by atoms with Crippen LogP contribution in [0, 0.1) is 6.92 Å². The molecule has 0 atom stereocenters. The molecule has 0 unspecified atom stereocenters. The number of benzene rings is 1. The largest absolute Gasteiger partial charge is 0.480 e. The Morgan fingerprint density at radius 3 is 2.42 bits per heavy atom. The molecule has 0 aliphatic rings. The van der Waals surface area contributed by atoms with Crippen LogP contribution in [0.5, 0.6) is 0 Å². The average Bonchev–Trinajstić information content (AvgIpc) is 2.26. The fraction of sp³-hybridized carbons (Fsp3) is 0.250. The number of carboxylic acids is 1. The molecule has 0 aromatic heterocycles. The van der Waals surface area contributed by atoms with Crippen molar-refractivity contribution >= 4 is 29.4 Å². The van der Waals surface area contributed by atoms with Crippen LogP contribution in [0.15, 0.2) is 18.2 Å². The summed E-state index contributed by atoms with van der Waals surface area (Å²) < 4.78 is 0. The molecule has 3 N–H and O–H groups in total. The Balaban J connectivity index is 3.04. The van der Waals surface area contributed by atoms with Crippen molar-refractivity contribution in [2.75, 3.05) is 13.1 Å². The first-order chi connectivity index (χ1) is 8.81. The number of carbonyl (C=O) groups excluding carboxylic acids is 2. The summed E-state index contributed by atoms with van der Waals surface area (Å²) in [6.07, 6.45) is 0. The Hall–Kier alpha value is -2.08. The maximum absolute atomic E-state index is 12.1. The van der Waals surface area contributed by atoms with Crippen LogP contribution < -0.4 is 5.73 Å². The fourth-order valence-electron chi connectivity index (χ4n) is 1.51. The van der Waals surface area contributed by atoms with Crippen molar-refractivity contribution in [3.05, 3.63) is 34.3 Å². The molecule has 0 aliphatic carbocycles. The number of nitrogens with zero attached hydrogens (tertiary/aromatic N) is 1. The van der Waals surface area contributed by atoms with E-state index >= 15 is 0 Å². The first-order valence-corrected chi connectivity index (χ1v) is 5.74. The van der Waals surface area contributed by atoms with Gasteiger partial charge in [0.05, 0.1) is 10.6 Å². The highest BCUT2D eigenvalue weighted by Crippen LogP contribution is 2.19. The number of nitrogens with two attached hydrogens (primary N) is 1. The van der Waals surface area contributed by atoms with Gasteiger partial charge in [-0.2, -0.15) is 0 Å². The van der Waals surface area contributed by atoms with Gasteiger partial charge in [-0.05, 0) is 24.6 Å². The lowest BCUT2D eigenvalue weighted by molar-refractivity contribution is -0.138. The molecule has 0 heterocycles. The van der Waals surface area contributed by atoms with E-state index in [2.05, 4.69) is 0 Å². The molecular weight excluding hydrogens is 272 g/mol. The summed E-state index contributed by atoms with van der Waals surface area (Å²) in [5.74, 6) is -2.68. The van der Waals surface area contributed by atoms with Gasteiger partial charge in [0, 0.05) is 0 Å². The zero-order valence-electron chi connectivity index (χ0n) is 10.2. The van der Waals surface area contributed by atoms with Gasteiger partial charge in [-0.3, -0.25) is 14.4 Å². The number of carboxylic acid groups (broad SMARTS) is 1. The predicted molar refractivity (Wildman–Crippen MR) is 68.9 cm³/mol. The Morgan fingerprint density at radius 1 is 1.32 bits per heavy atom. The molecule has 0 spiro atoms. The lowest BCUT2D eigenvalue weighted by Gasteiger charge is -2.19. The molecule has 6 nitrogen and oxygen atoms in total. The van der Waals surface area contributed by atoms with Crippen molar-refractivity contribution in [3.63, 3.8) is 0 Å². The van der Waals surface area contributed by atoms with Gasteiger partial charge < -0.3 is 15.7 Å². The van der Waals surface area contributed by atoms with E-state index in [-0.39, 0.29) is 10.6 Å². The van der Waals surface area contributed by atoms with Crippen molar-refractivity contribution in [1.29, 1.82) is 0 Å². The van der Waals surface area contributed by atoms with Crippen LogP contribution in [0.3, 0.4) is 0 Å². The zero-order valence-corrected chi connectivity index (χ0v) is 11.0. The highest BCUT2D eigenvalue weighted by molar-refractivity contribution is 6.34. The van der Waals surface area contributed by atoms with Crippen molar-refractivity contribution in [3.8, 4) is 0 Å². The summed E-state index contributed by atoms with van der Waals surface area (Å²) >= 11 is 5.93. The molecule has 1 rings (SSSR count). The third-order valence-electron chi connectivity index (χ3n) is 2.32. The Bertz CT molecular complexity index is 514. The number of halogens is 1. The Morgan fingerprint density at radius 2 is 1.95 bits per heavy atom. The number of hydrogen-bond donors (Lipinski definition) is 2. The quantitative estimate of drug-likeness (QED) is 0.829. The van der Waals surface area contributed by atoms with Crippen LogP contribution in [-0.2, 0) is 9.59 Å². The number of aryl methyl sites for hydroxylation is 1. The summed E-state index contributed by atoms with van der Waals surface area (Å²) in [4.78, 5) is 34.5. The van der Waals surface area contributed by atoms with E-state index < -0.39 is 30.9 Å². The summed E-state index contributed by atoms with van der Waals surface area (Å²) in [5.41, 5.74) is 5.98. The van der Waals surface area contributed by atoms with Gasteiger partial charge in [0.2, 0.25) is 5.91 Å². The first-order valence-electron chi connectivity index (χ1n) is 5.36. The van der Waals surface area contributed by atoms with E-state index in [1.807, 2.05) is 0 Å². The third kappa shape index (κ3) is 4.26. The van der Waals surface area contributed by atoms with Crippen molar-refractivity contribution in [2.45, 2.75) is 6.92 Å². The zero-order chi connectivity index (χ0) is 14.6. The van der Waals surface area contributed by atoms with Gasteiger partial charge in [-0.25, -0.2) is 0 Å². The lowest BCUT2D eigenvalue weighted by Crippen LogP contribution is -2.41. The van der Waals surface area contributed by atoms with E-state index in [0.29, 0.717) is 0 Å². The molecule has 0 fully saturated rings. The molecule has 2 amide bonds. The van der Waals surface area contributed by atoms with E-state index in [1.54, 1.807) is 19.1 Å². The monoisotopic (exact) mass is 284 g/mol. The maximum atomic E-state index is 12.1. The number of aliphatic carboxylic acids is 1. The molecule has 0 bridgehead atoms. The van der Waals surface area contributed by atoms with Crippen LogP contribution in [0.2, 0.25) is 5.02 Å². The first kappa shape index (κ1) is 15.0. The van der Waals surface area contributed by atoms with Crippen molar-refractivity contribution in [2.24, 2.45) is 5.73 Å². The topological polar surface area (TPSA) is 101 Å². The van der Waals surface area contributed by atoms with Crippen LogP contribution in [0.25, 0.3) is 0 Å². The highest BCUT2D eigenvalue weighted by atomic mass is 35.5. The van der Waals surface area contributed by atoms with E-state index in [9.17, 15) is 14.4 Å². The number of amides is 2. The minimum atomic E-state index is -1.24. The molecule has 1 aromatic rings. The van der Waals surface area contributed by atoms with E-state index in [0.717, 1.165) is 10.5 Å². The smallest absolute Gasteiger partial charge is 0.323 e.